The number of amides is 1. The van der Waals surface area contributed by atoms with Crippen LogP contribution in [0.3, 0.4) is 0 Å². The molecule has 0 radical (unpaired) electrons. The second kappa shape index (κ2) is 6.97. The maximum absolute atomic E-state index is 12.9. The number of aryl methyl sites for hydroxylation is 1. The summed E-state index contributed by atoms with van der Waals surface area (Å²) in [7, 11) is 0. The van der Waals surface area contributed by atoms with Crippen LogP contribution in [0.15, 0.2) is 54.6 Å². The van der Waals surface area contributed by atoms with E-state index in [0.29, 0.717) is 0 Å². The molecule has 1 aliphatic heterocycles. The second-order valence-electron chi connectivity index (χ2n) is 5.44. The van der Waals surface area contributed by atoms with Gasteiger partial charge in [-0.1, -0.05) is 80.4 Å². The lowest BCUT2D eigenvalue weighted by Gasteiger charge is -2.32. The highest BCUT2D eigenvalue weighted by atomic mass is 79.9. The summed E-state index contributed by atoms with van der Waals surface area (Å²) in [5.74, 6) is 0.109. The summed E-state index contributed by atoms with van der Waals surface area (Å²) >= 11 is 7.26. The molecule has 0 N–H and O–H groups in total. The van der Waals surface area contributed by atoms with Crippen molar-refractivity contribution < 1.29 is 4.79 Å². The number of halogens is 2. The molecule has 0 fully saturated rings. The van der Waals surface area contributed by atoms with Crippen LogP contribution in [0.5, 0.6) is 0 Å². The zero-order valence-corrected chi connectivity index (χ0v) is 15.3. The number of benzene rings is 2. The van der Waals surface area contributed by atoms with Gasteiger partial charge in [0.1, 0.15) is 4.83 Å². The van der Waals surface area contributed by atoms with Gasteiger partial charge in [0.25, 0.3) is 0 Å². The third kappa shape index (κ3) is 3.13. The monoisotopic (exact) mass is 421 g/mol. The van der Waals surface area contributed by atoms with Crippen molar-refractivity contribution in [1.29, 1.82) is 0 Å². The molecule has 114 valence electrons. The van der Waals surface area contributed by atoms with E-state index < -0.39 is 0 Å². The number of para-hydroxylation sites is 1. The average Bonchev–Trinajstić information content (AvgIpc) is 2.60. The van der Waals surface area contributed by atoms with Gasteiger partial charge in [-0.05, 0) is 30.0 Å². The predicted octanol–water partition coefficient (Wildman–Crippen LogP) is 4.87. The molecule has 0 aromatic heterocycles. The van der Waals surface area contributed by atoms with Gasteiger partial charge in [-0.2, -0.15) is 0 Å². The van der Waals surface area contributed by atoms with E-state index in [-0.39, 0.29) is 15.6 Å². The minimum atomic E-state index is -0.291. The molecule has 2 atom stereocenters. The summed E-state index contributed by atoms with van der Waals surface area (Å²) in [6, 6.07) is 18.2. The molecule has 1 heterocycles. The van der Waals surface area contributed by atoms with E-state index in [9.17, 15) is 4.79 Å². The first-order valence-corrected chi connectivity index (χ1v) is 9.24. The fourth-order valence-corrected chi connectivity index (χ4v) is 3.93. The lowest BCUT2D eigenvalue weighted by molar-refractivity contribution is -0.118. The average molecular weight is 423 g/mol. The minimum Gasteiger partial charge on any atom is -0.311 e. The quantitative estimate of drug-likeness (QED) is 0.646. The van der Waals surface area contributed by atoms with Gasteiger partial charge in [-0.25, -0.2) is 0 Å². The van der Waals surface area contributed by atoms with E-state index in [2.05, 4.69) is 37.9 Å². The Morgan fingerprint density at radius 3 is 2.45 bits per heavy atom. The number of alkyl halides is 2. The second-order valence-corrected chi connectivity index (χ2v) is 7.41. The van der Waals surface area contributed by atoms with E-state index in [1.807, 2.05) is 53.4 Å². The van der Waals surface area contributed by atoms with Crippen LogP contribution in [0.2, 0.25) is 0 Å². The Bertz CT molecular complexity index is 659. The normalized spacial score (nSPS) is 16.7. The number of carbonyl (C=O) groups excluding carboxylic acids is 1. The summed E-state index contributed by atoms with van der Waals surface area (Å²) in [5, 5.41) is 0. The molecule has 2 nitrogen and oxygen atoms in total. The maximum Gasteiger partial charge on any atom is 0.242 e. The summed E-state index contributed by atoms with van der Waals surface area (Å²) < 4.78 is 0. The van der Waals surface area contributed by atoms with Crippen LogP contribution < -0.4 is 4.90 Å². The van der Waals surface area contributed by atoms with Crippen molar-refractivity contribution in [2.75, 3.05) is 11.4 Å². The Hall–Kier alpha value is -1.13. The molecule has 0 saturated heterocycles. The first kappa shape index (κ1) is 15.8. The zero-order chi connectivity index (χ0) is 15.5. The third-order valence-electron chi connectivity index (χ3n) is 3.99. The Balaban J connectivity index is 1.82. The van der Waals surface area contributed by atoms with Gasteiger partial charge in [-0.15, -0.1) is 0 Å². The molecule has 1 aliphatic rings. The molecular formula is C18H17Br2NO. The van der Waals surface area contributed by atoms with E-state index in [0.717, 1.165) is 30.6 Å². The SMILES string of the molecule is O=C([C@H](Br)[C@H](Br)c1ccccc1)N1CCCc2ccccc21. The molecule has 22 heavy (non-hydrogen) atoms. The third-order valence-corrected chi connectivity index (χ3v) is 6.67. The number of carbonyl (C=O) groups is 1. The van der Waals surface area contributed by atoms with E-state index in [4.69, 9.17) is 0 Å². The van der Waals surface area contributed by atoms with Crippen molar-refractivity contribution in [3.05, 3.63) is 65.7 Å². The predicted molar refractivity (Wildman–Crippen MR) is 97.9 cm³/mol. The molecular weight excluding hydrogens is 406 g/mol. The standard InChI is InChI=1S/C18H17Br2NO/c19-16(14-8-2-1-3-9-14)17(20)18(22)21-12-6-10-13-7-4-5-11-15(13)21/h1-5,7-9,11,16-17H,6,10,12H2/t16-,17-/m1/s1. The Morgan fingerprint density at radius 2 is 1.68 bits per heavy atom. The largest absolute Gasteiger partial charge is 0.311 e. The van der Waals surface area contributed by atoms with Gasteiger partial charge < -0.3 is 4.90 Å². The van der Waals surface area contributed by atoms with Gasteiger partial charge in [0.15, 0.2) is 0 Å². The van der Waals surface area contributed by atoms with Crippen LogP contribution >= 0.6 is 31.9 Å². The fourth-order valence-electron chi connectivity index (χ4n) is 2.84. The summed E-state index contributed by atoms with van der Waals surface area (Å²) in [5.41, 5.74) is 3.41. The Kier molecular flexibility index (Phi) is 4.99. The highest BCUT2D eigenvalue weighted by molar-refractivity contribution is 9.12. The van der Waals surface area contributed by atoms with Crippen molar-refractivity contribution in [2.45, 2.75) is 22.5 Å². The van der Waals surface area contributed by atoms with Gasteiger partial charge in [0.2, 0.25) is 5.91 Å². The van der Waals surface area contributed by atoms with Crippen molar-refractivity contribution in [3.8, 4) is 0 Å². The van der Waals surface area contributed by atoms with Crippen LogP contribution in [0.25, 0.3) is 0 Å². The first-order chi connectivity index (χ1) is 10.7. The van der Waals surface area contributed by atoms with Crippen molar-refractivity contribution in [3.63, 3.8) is 0 Å². The number of rotatable bonds is 3. The van der Waals surface area contributed by atoms with Gasteiger partial charge in [-0.3, -0.25) is 4.79 Å². The van der Waals surface area contributed by atoms with E-state index in [1.54, 1.807) is 0 Å². The zero-order valence-electron chi connectivity index (χ0n) is 12.1. The van der Waals surface area contributed by atoms with Gasteiger partial charge in [0.05, 0.1) is 4.83 Å². The summed E-state index contributed by atoms with van der Waals surface area (Å²) in [6.45, 7) is 0.784. The Morgan fingerprint density at radius 1 is 1.00 bits per heavy atom. The molecule has 2 aromatic carbocycles. The highest BCUT2D eigenvalue weighted by Crippen LogP contribution is 2.35. The topological polar surface area (TPSA) is 20.3 Å². The maximum atomic E-state index is 12.9. The fraction of sp³-hybridized carbons (Fsp3) is 0.278. The minimum absolute atomic E-state index is 0.0460. The van der Waals surface area contributed by atoms with Crippen molar-refractivity contribution >= 4 is 43.5 Å². The molecule has 0 unspecified atom stereocenters. The molecule has 0 aliphatic carbocycles. The lowest BCUT2D eigenvalue weighted by atomic mass is 10.0. The van der Waals surface area contributed by atoms with Crippen LogP contribution in [-0.2, 0) is 11.2 Å². The molecule has 1 amide bonds. The van der Waals surface area contributed by atoms with Gasteiger partial charge in [0, 0.05) is 12.2 Å². The number of fused-ring (bicyclic) bond motifs is 1. The van der Waals surface area contributed by atoms with E-state index in [1.165, 1.54) is 5.56 Å². The highest BCUT2D eigenvalue weighted by Gasteiger charge is 2.31. The van der Waals surface area contributed by atoms with Crippen molar-refractivity contribution in [2.24, 2.45) is 0 Å². The molecule has 3 rings (SSSR count). The molecule has 2 aromatic rings. The van der Waals surface area contributed by atoms with Crippen LogP contribution in [0, 0.1) is 0 Å². The molecule has 0 spiro atoms. The van der Waals surface area contributed by atoms with E-state index >= 15 is 0 Å². The number of nitrogens with zero attached hydrogens (tertiary/aromatic N) is 1. The van der Waals surface area contributed by atoms with Crippen LogP contribution in [-0.4, -0.2) is 17.3 Å². The smallest absolute Gasteiger partial charge is 0.242 e. The number of hydrogen-bond acceptors (Lipinski definition) is 1. The van der Waals surface area contributed by atoms with Crippen LogP contribution in [0.1, 0.15) is 22.4 Å². The summed E-state index contributed by atoms with van der Waals surface area (Å²) in [4.78, 5) is 14.5. The summed E-state index contributed by atoms with van der Waals surface area (Å²) in [6.07, 6.45) is 2.06. The Labute approximate surface area is 147 Å². The first-order valence-electron chi connectivity index (χ1n) is 7.41. The molecule has 0 saturated carbocycles. The number of anilines is 1. The molecule has 0 bridgehead atoms. The lowest BCUT2D eigenvalue weighted by Crippen LogP contribution is -2.41. The van der Waals surface area contributed by atoms with Crippen molar-refractivity contribution in [1.82, 2.24) is 0 Å². The van der Waals surface area contributed by atoms with Crippen LogP contribution in [0.4, 0.5) is 5.69 Å². The van der Waals surface area contributed by atoms with Gasteiger partial charge >= 0.3 is 0 Å². The number of hydrogen-bond donors (Lipinski definition) is 0. The molecule has 4 heteroatoms.